The van der Waals surface area contributed by atoms with Crippen LogP contribution in [-0.2, 0) is 19.4 Å². The first kappa shape index (κ1) is 13.0. The fourth-order valence-electron chi connectivity index (χ4n) is 2.38. The van der Waals surface area contributed by atoms with Gasteiger partial charge in [0, 0.05) is 22.2 Å². The summed E-state index contributed by atoms with van der Waals surface area (Å²) in [6, 6.07) is 10.1. The topological polar surface area (TPSA) is 38.9 Å². The van der Waals surface area contributed by atoms with Gasteiger partial charge in [0.2, 0.25) is 0 Å². The highest BCUT2D eigenvalue weighted by Gasteiger charge is 2.16. The number of benzene rings is 1. The van der Waals surface area contributed by atoms with Crippen molar-refractivity contribution in [1.82, 2.24) is 4.98 Å². The zero-order chi connectivity index (χ0) is 13.2. The van der Waals surface area contributed by atoms with Crippen LogP contribution in [0.1, 0.15) is 23.2 Å². The van der Waals surface area contributed by atoms with Crippen molar-refractivity contribution in [3.05, 3.63) is 52.2 Å². The van der Waals surface area contributed by atoms with Crippen LogP contribution in [0.5, 0.6) is 0 Å². The van der Waals surface area contributed by atoms with Crippen LogP contribution in [0.2, 0.25) is 5.02 Å². The molecular formula is C15H15ClN2S. The van der Waals surface area contributed by atoms with Gasteiger partial charge >= 0.3 is 0 Å². The first-order valence-corrected chi connectivity index (χ1v) is 7.61. The fourth-order valence-corrected chi connectivity index (χ4v) is 3.62. The van der Waals surface area contributed by atoms with Gasteiger partial charge in [-0.1, -0.05) is 35.5 Å². The minimum absolute atomic E-state index is 0.531. The van der Waals surface area contributed by atoms with Crippen LogP contribution in [0.25, 0.3) is 0 Å². The number of hydrogen-bond donors (Lipinski definition) is 1. The highest BCUT2D eigenvalue weighted by molar-refractivity contribution is 7.99. The number of hydrogen-bond acceptors (Lipinski definition) is 3. The van der Waals surface area contributed by atoms with Crippen molar-refractivity contribution >= 4 is 23.4 Å². The molecule has 2 nitrogen and oxygen atoms in total. The zero-order valence-corrected chi connectivity index (χ0v) is 12.1. The van der Waals surface area contributed by atoms with E-state index in [0.717, 1.165) is 33.3 Å². The number of aryl methyl sites for hydroxylation is 2. The highest BCUT2D eigenvalue weighted by atomic mass is 35.5. The molecule has 19 heavy (non-hydrogen) atoms. The molecule has 0 spiro atoms. The van der Waals surface area contributed by atoms with E-state index in [1.54, 1.807) is 11.8 Å². The maximum atomic E-state index is 6.02. The van der Waals surface area contributed by atoms with Crippen LogP contribution < -0.4 is 5.73 Å². The summed E-state index contributed by atoms with van der Waals surface area (Å²) in [4.78, 5) is 5.89. The molecular weight excluding hydrogens is 276 g/mol. The summed E-state index contributed by atoms with van der Waals surface area (Å²) in [5.41, 5.74) is 9.59. The maximum Gasteiger partial charge on any atom is 0.106 e. The maximum absolute atomic E-state index is 6.02. The van der Waals surface area contributed by atoms with E-state index in [0.29, 0.717) is 6.54 Å². The summed E-state index contributed by atoms with van der Waals surface area (Å²) < 4.78 is 0. The second-order valence-corrected chi connectivity index (χ2v) is 6.17. The van der Waals surface area contributed by atoms with Gasteiger partial charge in [-0.2, -0.15) is 0 Å². The van der Waals surface area contributed by atoms with Crippen LogP contribution in [0.4, 0.5) is 0 Å². The third-order valence-electron chi connectivity index (χ3n) is 3.32. The van der Waals surface area contributed by atoms with Gasteiger partial charge in [-0.25, -0.2) is 4.98 Å². The van der Waals surface area contributed by atoms with Gasteiger partial charge in [0.25, 0.3) is 0 Å². The Hall–Kier alpha value is -1.03. The Labute approximate surface area is 122 Å². The number of pyridine rings is 1. The Morgan fingerprint density at radius 2 is 2.16 bits per heavy atom. The molecule has 0 saturated carbocycles. The molecule has 0 radical (unpaired) electrons. The SMILES string of the molecule is NCc1cc2c(nc1Sc1cccc(Cl)c1)CCC2. The van der Waals surface area contributed by atoms with Gasteiger partial charge in [0.05, 0.1) is 0 Å². The normalized spacial score (nSPS) is 13.6. The third kappa shape index (κ3) is 2.78. The van der Waals surface area contributed by atoms with Crippen LogP contribution in [-0.4, -0.2) is 4.98 Å². The zero-order valence-electron chi connectivity index (χ0n) is 10.5. The molecule has 1 aliphatic carbocycles. The first-order chi connectivity index (χ1) is 9.26. The Kier molecular flexibility index (Phi) is 3.78. The Morgan fingerprint density at radius 3 is 2.95 bits per heavy atom. The van der Waals surface area contributed by atoms with Crippen LogP contribution >= 0.6 is 23.4 Å². The lowest BCUT2D eigenvalue weighted by molar-refractivity contribution is 0.884. The molecule has 3 rings (SSSR count). The summed E-state index contributed by atoms with van der Waals surface area (Å²) >= 11 is 7.66. The van der Waals surface area contributed by atoms with Gasteiger partial charge in [-0.3, -0.25) is 0 Å². The average molecular weight is 291 g/mol. The van der Waals surface area contributed by atoms with Crippen molar-refractivity contribution in [3.63, 3.8) is 0 Å². The largest absolute Gasteiger partial charge is 0.326 e. The van der Waals surface area contributed by atoms with Crippen LogP contribution in [0, 0.1) is 0 Å². The summed E-state index contributed by atoms with van der Waals surface area (Å²) in [7, 11) is 0. The Bertz CT molecular complexity index is 613. The Balaban J connectivity index is 1.96. The third-order valence-corrected chi connectivity index (χ3v) is 4.59. The average Bonchev–Trinajstić information content (AvgIpc) is 2.85. The van der Waals surface area contributed by atoms with Crippen molar-refractivity contribution < 1.29 is 0 Å². The molecule has 0 aliphatic heterocycles. The number of fused-ring (bicyclic) bond motifs is 1. The second-order valence-electron chi connectivity index (χ2n) is 4.68. The first-order valence-electron chi connectivity index (χ1n) is 6.41. The lowest BCUT2D eigenvalue weighted by atomic mass is 10.1. The van der Waals surface area contributed by atoms with Gasteiger partial charge in [-0.05, 0) is 48.6 Å². The molecule has 1 aliphatic rings. The van der Waals surface area contributed by atoms with Crippen LogP contribution in [0.3, 0.4) is 0 Å². The second kappa shape index (κ2) is 5.53. The summed E-state index contributed by atoms with van der Waals surface area (Å²) in [5, 5.41) is 1.77. The molecule has 0 saturated heterocycles. The summed E-state index contributed by atoms with van der Waals surface area (Å²) in [5.74, 6) is 0. The number of aromatic nitrogens is 1. The molecule has 98 valence electrons. The molecule has 1 aromatic carbocycles. The quantitative estimate of drug-likeness (QED) is 0.933. The van der Waals surface area contributed by atoms with Crippen molar-refractivity contribution in [1.29, 1.82) is 0 Å². The van der Waals surface area contributed by atoms with E-state index in [-0.39, 0.29) is 0 Å². The van der Waals surface area contributed by atoms with Gasteiger partial charge in [0.15, 0.2) is 0 Å². The number of nitrogens with zero attached hydrogens (tertiary/aromatic N) is 1. The summed E-state index contributed by atoms with van der Waals surface area (Å²) in [6.45, 7) is 0.531. The number of halogens is 1. The summed E-state index contributed by atoms with van der Waals surface area (Å²) in [6.07, 6.45) is 3.43. The van der Waals surface area contributed by atoms with E-state index >= 15 is 0 Å². The van der Waals surface area contributed by atoms with E-state index in [1.807, 2.05) is 24.3 Å². The Morgan fingerprint density at radius 1 is 1.26 bits per heavy atom. The van der Waals surface area contributed by atoms with Crippen molar-refractivity contribution in [2.45, 2.75) is 35.7 Å². The molecule has 2 N–H and O–H groups in total. The molecule has 0 amide bonds. The molecule has 0 atom stereocenters. The molecule has 1 heterocycles. The molecule has 1 aromatic heterocycles. The van der Waals surface area contributed by atoms with Crippen LogP contribution in [0.15, 0.2) is 40.3 Å². The van der Waals surface area contributed by atoms with Gasteiger partial charge < -0.3 is 5.73 Å². The van der Waals surface area contributed by atoms with E-state index in [1.165, 1.54) is 17.7 Å². The molecule has 2 aromatic rings. The van der Waals surface area contributed by atoms with Crippen molar-refractivity contribution in [3.8, 4) is 0 Å². The molecule has 4 heteroatoms. The van der Waals surface area contributed by atoms with E-state index < -0.39 is 0 Å². The highest BCUT2D eigenvalue weighted by Crippen LogP contribution is 2.33. The lowest BCUT2D eigenvalue weighted by Crippen LogP contribution is -2.03. The van der Waals surface area contributed by atoms with E-state index in [2.05, 4.69) is 6.07 Å². The minimum atomic E-state index is 0.531. The van der Waals surface area contributed by atoms with Crippen molar-refractivity contribution in [2.24, 2.45) is 5.73 Å². The predicted molar refractivity (Wildman–Crippen MR) is 79.7 cm³/mol. The molecule has 0 unspecified atom stereocenters. The monoisotopic (exact) mass is 290 g/mol. The molecule has 0 bridgehead atoms. The van der Waals surface area contributed by atoms with E-state index in [4.69, 9.17) is 22.3 Å². The predicted octanol–water partition coefficient (Wildman–Crippen LogP) is 3.83. The van der Waals surface area contributed by atoms with Crippen molar-refractivity contribution in [2.75, 3.05) is 0 Å². The lowest BCUT2D eigenvalue weighted by Gasteiger charge is -2.10. The van der Waals surface area contributed by atoms with E-state index in [9.17, 15) is 0 Å². The van der Waals surface area contributed by atoms with Gasteiger partial charge in [0.1, 0.15) is 5.03 Å². The molecule has 0 fully saturated rings. The fraction of sp³-hybridized carbons (Fsp3) is 0.267. The standard InChI is InChI=1S/C15H15ClN2S/c16-12-4-2-5-13(8-12)19-15-11(9-17)7-10-3-1-6-14(10)18-15/h2,4-5,7-8H,1,3,6,9,17H2. The number of rotatable bonds is 3. The smallest absolute Gasteiger partial charge is 0.106 e. The minimum Gasteiger partial charge on any atom is -0.326 e. The number of nitrogens with two attached hydrogens (primary N) is 1. The van der Waals surface area contributed by atoms with Gasteiger partial charge in [-0.15, -0.1) is 0 Å².